The van der Waals surface area contributed by atoms with Crippen molar-refractivity contribution in [3.8, 4) is 0 Å². The molecule has 0 N–H and O–H groups in total. The number of ether oxygens (including phenoxy) is 4. The van der Waals surface area contributed by atoms with Crippen molar-refractivity contribution in [2.24, 2.45) is 0 Å². The summed E-state index contributed by atoms with van der Waals surface area (Å²) in [6, 6.07) is 0. The van der Waals surface area contributed by atoms with E-state index in [-0.39, 0.29) is 0 Å². The van der Waals surface area contributed by atoms with Gasteiger partial charge in [0.2, 0.25) is 0 Å². The van der Waals surface area contributed by atoms with E-state index in [4.69, 9.17) is 18.9 Å². The predicted molar refractivity (Wildman–Crippen MR) is 278 cm³/mol. The zero-order chi connectivity index (χ0) is 46.2. The molecule has 0 rings (SSSR count). The topological polar surface area (TPSA) is 43.4 Å². The van der Waals surface area contributed by atoms with Crippen LogP contribution in [0.2, 0.25) is 0 Å². The Morgan fingerprint density at radius 3 is 0.794 bits per heavy atom. The molecule has 0 aliphatic carbocycles. The van der Waals surface area contributed by atoms with E-state index in [9.17, 15) is 0 Å². The van der Waals surface area contributed by atoms with Gasteiger partial charge in [-0.25, -0.2) is 0 Å². The number of rotatable bonds is 50. The highest BCUT2D eigenvalue weighted by Gasteiger charge is 2.26. The Labute approximate surface area is 394 Å². The zero-order valence-electron chi connectivity index (χ0n) is 43.7. The molecule has 0 spiro atoms. The van der Waals surface area contributed by atoms with Crippen molar-refractivity contribution in [2.45, 2.75) is 252 Å². The van der Waals surface area contributed by atoms with Gasteiger partial charge in [-0.15, -0.1) is 0 Å². The Hall–Kier alpha value is -1.28. The zero-order valence-corrected chi connectivity index (χ0v) is 43.7. The molecule has 0 aliphatic rings. The van der Waals surface area contributed by atoms with Crippen molar-refractivity contribution < 1.29 is 18.9 Å². The van der Waals surface area contributed by atoms with Crippen LogP contribution in [0.4, 0.5) is 0 Å². The summed E-state index contributed by atoms with van der Waals surface area (Å²) in [4.78, 5) is 5.02. The first-order valence-corrected chi connectivity index (χ1v) is 27.3. The first-order chi connectivity index (χ1) is 30.7. The molecule has 0 atom stereocenters. The van der Waals surface area contributed by atoms with Gasteiger partial charge in [0.1, 0.15) is 0 Å². The number of allylic oxidation sites excluding steroid dienone is 8. The molecule has 0 aromatic carbocycles. The Morgan fingerprint density at radius 1 is 0.302 bits per heavy atom. The predicted octanol–water partition coefficient (Wildman–Crippen LogP) is 16.7. The van der Waals surface area contributed by atoms with Crippen molar-refractivity contribution in [2.75, 3.05) is 66.7 Å². The third kappa shape index (κ3) is 44.3. The van der Waals surface area contributed by atoms with Gasteiger partial charge in [0, 0.05) is 12.8 Å². The first kappa shape index (κ1) is 61.7. The van der Waals surface area contributed by atoms with Gasteiger partial charge < -0.3 is 28.7 Å². The fourth-order valence-electron chi connectivity index (χ4n) is 7.81. The average molecular weight is 888 g/mol. The van der Waals surface area contributed by atoms with Crippen molar-refractivity contribution >= 4 is 0 Å². The molecule has 0 amide bonds. The van der Waals surface area contributed by atoms with Crippen LogP contribution in [0.25, 0.3) is 0 Å². The maximum absolute atomic E-state index is 6.48. The molecule has 63 heavy (non-hydrogen) atoms. The molecule has 0 unspecified atom stereocenters. The standard InChI is InChI=1S/C57H110N2O4/c1-9-13-17-21-25-29-33-41-52-60-56(5,61-53-42-34-30-26-22-18-14-10-2)46-37-39-48-58(7)50-45-51-59(8)49-40-38-47-57(6,62-54-43-35-31-27-23-19-15-11-3)63-55-44-36-32-28-24-20-16-12-4/h25-32H,9-24,33-55H2,1-8H3/b29-25-,30-26-,31-27-,32-28-. The Morgan fingerprint density at radius 2 is 0.540 bits per heavy atom. The summed E-state index contributed by atoms with van der Waals surface area (Å²) in [6.07, 6.45) is 55.5. The molecule has 0 aromatic heterocycles. The van der Waals surface area contributed by atoms with Gasteiger partial charge in [-0.2, -0.15) is 0 Å². The summed E-state index contributed by atoms with van der Waals surface area (Å²) in [6.45, 7) is 21.0. The van der Waals surface area contributed by atoms with E-state index in [1.54, 1.807) is 0 Å². The largest absolute Gasteiger partial charge is 0.350 e. The molecule has 6 nitrogen and oxygen atoms in total. The smallest absolute Gasteiger partial charge is 0.165 e. The minimum Gasteiger partial charge on any atom is -0.350 e. The first-order valence-electron chi connectivity index (χ1n) is 27.3. The summed E-state index contributed by atoms with van der Waals surface area (Å²) >= 11 is 0. The molecule has 0 fully saturated rings. The normalized spacial score (nSPS) is 13.0. The lowest BCUT2D eigenvalue weighted by Crippen LogP contribution is -2.34. The average Bonchev–Trinajstić information content (AvgIpc) is 3.27. The van der Waals surface area contributed by atoms with Crippen molar-refractivity contribution in [1.29, 1.82) is 0 Å². The van der Waals surface area contributed by atoms with E-state index >= 15 is 0 Å². The van der Waals surface area contributed by atoms with Crippen LogP contribution in [-0.4, -0.2) is 88.1 Å². The second-order valence-electron chi connectivity index (χ2n) is 19.0. The number of nitrogens with zero attached hydrogens (tertiary/aromatic N) is 2. The lowest BCUT2D eigenvalue weighted by molar-refractivity contribution is -0.231. The molecule has 0 saturated carbocycles. The van der Waals surface area contributed by atoms with Gasteiger partial charge in [0.25, 0.3) is 0 Å². The fraction of sp³-hybridized carbons (Fsp3) is 0.860. The SMILES string of the molecule is CCCCC/C=C\CCCOC(C)(CCCCN(C)CCCN(C)CCCCC(C)(OCCC/C=C\CCCCC)OCCC/C=C\CCCCC)OCCC/C=C\CCCCC. The molecule has 0 radical (unpaired) electrons. The molecular formula is C57H110N2O4. The quantitative estimate of drug-likeness (QED) is 0.0344. The lowest BCUT2D eigenvalue weighted by atomic mass is 10.1. The maximum atomic E-state index is 6.48. The van der Waals surface area contributed by atoms with Crippen LogP contribution in [0.15, 0.2) is 48.6 Å². The molecule has 0 saturated heterocycles. The highest BCUT2D eigenvalue weighted by molar-refractivity contribution is 4.84. The minimum atomic E-state index is -0.498. The van der Waals surface area contributed by atoms with Crippen LogP contribution in [0.3, 0.4) is 0 Å². The van der Waals surface area contributed by atoms with Crippen molar-refractivity contribution in [1.82, 2.24) is 9.80 Å². The third-order valence-electron chi connectivity index (χ3n) is 12.2. The highest BCUT2D eigenvalue weighted by Crippen LogP contribution is 2.24. The Balaban J connectivity index is 4.64. The molecule has 0 bridgehead atoms. The van der Waals surface area contributed by atoms with E-state index in [2.05, 4.69) is 114 Å². The number of unbranched alkanes of at least 4 members (excludes halogenated alkanes) is 18. The second-order valence-corrected chi connectivity index (χ2v) is 19.0. The molecular weight excluding hydrogens is 777 g/mol. The van der Waals surface area contributed by atoms with E-state index in [1.807, 2.05) is 0 Å². The molecule has 0 aliphatic heterocycles. The van der Waals surface area contributed by atoms with E-state index in [0.29, 0.717) is 0 Å². The van der Waals surface area contributed by atoms with Gasteiger partial charge in [-0.1, -0.05) is 128 Å². The molecule has 372 valence electrons. The van der Waals surface area contributed by atoms with Crippen LogP contribution < -0.4 is 0 Å². The lowest BCUT2D eigenvalue weighted by Gasteiger charge is -2.31. The Kier molecular flexibility index (Phi) is 46.3. The van der Waals surface area contributed by atoms with Gasteiger partial charge in [-0.05, 0) is 189 Å². The highest BCUT2D eigenvalue weighted by atomic mass is 16.7. The molecule has 0 aromatic rings. The summed E-state index contributed by atoms with van der Waals surface area (Å²) in [5.41, 5.74) is 0. The van der Waals surface area contributed by atoms with Gasteiger partial charge in [0.05, 0.1) is 26.4 Å². The van der Waals surface area contributed by atoms with E-state index in [0.717, 1.165) is 130 Å². The summed E-state index contributed by atoms with van der Waals surface area (Å²) in [7, 11) is 4.57. The van der Waals surface area contributed by atoms with Crippen molar-refractivity contribution in [3.63, 3.8) is 0 Å². The number of hydrogen-bond donors (Lipinski definition) is 0. The van der Waals surface area contributed by atoms with E-state index in [1.165, 1.54) is 122 Å². The second kappa shape index (κ2) is 47.2. The van der Waals surface area contributed by atoms with Gasteiger partial charge in [-0.3, -0.25) is 0 Å². The fourth-order valence-corrected chi connectivity index (χ4v) is 7.81. The van der Waals surface area contributed by atoms with Crippen molar-refractivity contribution in [3.05, 3.63) is 48.6 Å². The Bertz CT molecular complexity index is 905. The number of hydrogen-bond acceptors (Lipinski definition) is 6. The minimum absolute atomic E-state index is 0.498. The summed E-state index contributed by atoms with van der Waals surface area (Å²) < 4.78 is 25.9. The maximum Gasteiger partial charge on any atom is 0.165 e. The monoisotopic (exact) mass is 887 g/mol. The summed E-state index contributed by atoms with van der Waals surface area (Å²) in [5, 5.41) is 0. The molecule has 0 heterocycles. The van der Waals surface area contributed by atoms with Crippen LogP contribution >= 0.6 is 0 Å². The van der Waals surface area contributed by atoms with E-state index < -0.39 is 11.6 Å². The van der Waals surface area contributed by atoms with Gasteiger partial charge >= 0.3 is 0 Å². The van der Waals surface area contributed by atoms with Crippen LogP contribution in [0, 0.1) is 0 Å². The third-order valence-corrected chi connectivity index (χ3v) is 12.2. The van der Waals surface area contributed by atoms with Gasteiger partial charge in [0.15, 0.2) is 11.6 Å². The molecule has 6 heteroatoms. The van der Waals surface area contributed by atoms with Crippen LogP contribution in [0.5, 0.6) is 0 Å². The summed E-state index contributed by atoms with van der Waals surface area (Å²) in [5.74, 6) is -0.995. The van der Waals surface area contributed by atoms with Crippen LogP contribution in [0.1, 0.15) is 241 Å². The van der Waals surface area contributed by atoms with Crippen LogP contribution in [-0.2, 0) is 18.9 Å².